The van der Waals surface area contributed by atoms with Crippen LogP contribution in [0.15, 0.2) is 18.2 Å². The Morgan fingerprint density at radius 3 is 2.85 bits per heavy atom. The smallest absolute Gasteiger partial charge is 0.124 e. The molecule has 0 spiro atoms. The highest BCUT2D eigenvalue weighted by Gasteiger charge is 2.03. The summed E-state index contributed by atoms with van der Waals surface area (Å²) in [5.74, 6) is 2.13. The molecular weight excluding hydrogens is 189 g/mol. The van der Waals surface area contributed by atoms with Crippen LogP contribution in [-0.4, -0.2) is 6.04 Å². The van der Waals surface area contributed by atoms with E-state index in [0.29, 0.717) is 10.7 Å². The third kappa shape index (κ3) is 2.64. The van der Waals surface area contributed by atoms with Crippen molar-refractivity contribution in [1.82, 2.24) is 0 Å². The van der Waals surface area contributed by atoms with Crippen molar-refractivity contribution in [1.29, 1.82) is 0 Å². The number of terminal acetylenes is 1. The molecule has 1 rings (SSSR count). The lowest BCUT2D eigenvalue weighted by molar-refractivity contribution is 0.628. The van der Waals surface area contributed by atoms with E-state index in [1.165, 1.54) is 12.1 Å². The van der Waals surface area contributed by atoms with Gasteiger partial charge in [0.25, 0.3) is 0 Å². The van der Waals surface area contributed by atoms with E-state index in [-0.39, 0.29) is 11.9 Å². The first-order valence-corrected chi connectivity index (χ1v) is 4.19. The van der Waals surface area contributed by atoms with Crippen LogP contribution in [-0.2, 0) is 0 Å². The van der Waals surface area contributed by atoms with E-state index >= 15 is 0 Å². The third-order valence-electron chi connectivity index (χ3n) is 1.55. The molecule has 3 heteroatoms. The van der Waals surface area contributed by atoms with Gasteiger partial charge < -0.3 is 5.32 Å². The minimum Gasteiger partial charge on any atom is -0.371 e. The van der Waals surface area contributed by atoms with Gasteiger partial charge in [0.15, 0.2) is 0 Å². The van der Waals surface area contributed by atoms with Crippen molar-refractivity contribution in [2.45, 2.75) is 13.0 Å². The molecule has 1 aromatic rings. The summed E-state index contributed by atoms with van der Waals surface area (Å²) < 4.78 is 12.6. The third-order valence-corrected chi connectivity index (χ3v) is 1.87. The van der Waals surface area contributed by atoms with Gasteiger partial charge in [-0.15, -0.1) is 6.42 Å². The molecule has 0 aliphatic rings. The van der Waals surface area contributed by atoms with Crippen molar-refractivity contribution in [2.75, 3.05) is 5.32 Å². The molecule has 13 heavy (non-hydrogen) atoms. The van der Waals surface area contributed by atoms with Crippen molar-refractivity contribution in [3.8, 4) is 12.3 Å². The highest BCUT2D eigenvalue weighted by Crippen LogP contribution is 2.22. The number of anilines is 1. The van der Waals surface area contributed by atoms with Crippen LogP contribution >= 0.6 is 11.6 Å². The van der Waals surface area contributed by atoms with Crippen LogP contribution < -0.4 is 5.32 Å². The highest BCUT2D eigenvalue weighted by atomic mass is 35.5. The Balaban J connectivity index is 2.85. The van der Waals surface area contributed by atoms with E-state index in [0.717, 1.165) is 0 Å². The molecule has 0 aromatic heterocycles. The summed E-state index contributed by atoms with van der Waals surface area (Å²) in [4.78, 5) is 0. The molecule has 1 aromatic carbocycles. The Bertz CT molecular complexity index is 343. The van der Waals surface area contributed by atoms with Gasteiger partial charge in [0, 0.05) is 0 Å². The van der Waals surface area contributed by atoms with Crippen molar-refractivity contribution in [3.63, 3.8) is 0 Å². The van der Waals surface area contributed by atoms with E-state index in [9.17, 15) is 4.39 Å². The molecule has 0 amide bonds. The number of halogens is 2. The van der Waals surface area contributed by atoms with Crippen molar-refractivity contribution < 1.29 is 4.39 Å². The molecule has 0 radical (unpaired) electrons. The fraction of sp³-hybridized carbons (Fsp3) is 0.200. The van der Waals surface area contributed by atoms with Crippen molar-refractivity contribution in [2.24, 2.45) is 0 Å². The minimum atomic E-state index is -0.357. The molecule has 0 bridgehead atoms. The second-order valence-corrected chi connectivity index (χ2v) is 3.06. The predicted octanol–water partition coefficient (Wildman–Crippen LogP) is 2.91. The average molecular weight is 198 g/mol. The normalized spacial score (nSPS) is 11.8. The second-order valence-electron chi connectivity index (χ2n) is 2.66. The largest absolute Gasteiger partial charge is 0.371 e. The summed E-state index contributed by atoms with van der Waals surface area (Å²) in [6.45, 7) is 1.82. The van der Waals surface area contributed by atoms with Crippen LogP contribution in [0.25, 0.3) is 0 Å². The molecule has 1 atom stereocenters. The fourth-order valence-electron chi connectivity index (χ4n) is 0.881. The van der Waals surface area contributed by atoms with Gasteiger partial charge in [0.05, 0.1) is 16.8 Å². The minimum absolute atomic E-state index is 0.122. The Hall–Kier alpha value is -1.20. The molecule has 68 valence electrons. The zero-order valence-electron chi connectivity index (χ0n) is 7.14. The van der Waals surface area contributed by atoms with Crippen LogP contribution in [0, 0.1) is 18.2 Å². The summed E-state index contributed by atoms with van der Waals surface area (Å²) >= 11 is 5.76. The van der Waals surface area contributed by atoms with Gasteiger partial charge in [-0.2, -0.15) is 0 Å². The van der Waals surface area contributed by atoms with Crippen molar-refractivity contribution in [3.05, 3.63) is 29.0 Å². The summed E-state index contributed by atoms with van der Waals surface area (Å²) in [5.41, 5.74) is 0.647. The number of nitrogens with one attached hydrogen (secondary N) is 1. The van der Waals surface area contributed by atoms with Gasteiger partial charge >= 0.3 is 0 Å². The van der Waals surface area contributed by atoms with Gasteiger partial charge in [-0.3, -0.25) is 0 Å². The van der Waals surface area contributed by atoms with Gasteiger partial charge in [-0.25, -0.2) is 4.39 Å². The molecule has 1 N–H and O–H groups in total. The van der Waals surface area contributed by atoms with Crippen LogP contribution in [0.2, 0.25) is 5.02 Å². The molecular formula is C10H9ClFN. The molecule has 0 aliphatic heterocycles. The first-order chi connectivity index (χ1) is 6.13. The first kappa shape index (κ1) is 9.88. The SMILES string of the molecule is C#CC(C)Nc1ccc(F)cc1Cl. The molecule has 0 fully saturated rings. The summed E-state index contributed by atoms with van der Waals surface area (Å²) in [6, 6.07) is 4.01. The zero-order valence-corrected chi connectivity index (χ0v) is 7.90. The Kier molecular flexibility index (Phi) is 3.16. The summed E-state index contributed by atoms with van der Waals surface area (Å²) in [6.07, 6.45) is 5.17. The molecule has 0 heterocycles. The van der Waals surface area contributed by atoms with E-state index < -0.39 is 0 Å². The van der Waals surface area contributed by atoms with E-state index in [1.807, 2.05) is 6.92 Å². The van der Waals surface area contributed by atoms with Gasteiger partial charge in [0.2, 0.25) is 0 Å². The molecule has 0 saturated heterocycles. The van der Waals surface area contributed by atoms with Gasteiger partial charge in [-0.1, -0.05) is 17.5 Å². The van der Waals surface area contributed by atoms with Crippen LogP contribution in [0.1, 0.15) is 6.92 Å². The summed E-state index contributed by atoms with van der Waals surface area (Å²) in [7, 11) is 0. The maximum atomic E-state index is 12.6. The fourth-order valence-corrected chi connectivity index (χ4v) is 1.10. The molecule has 0 saturated carbocycles. The Labute approximate surface area is 81.9 Å². The number of hydrogen-bond donors (Lipinski definition) is 1. The lowest BCUT2D eigenvalue weighted by Gasteiger charge is -2.10. The second kappa shape index (κ2) is 4.15. The lowest BCUT2D eigenvalue weighted by atomic mass is 10.2. The molecule has 0 aliphatic carbocycles. The van der Waals surface area contributed by atoms with Crippen LogP contribution in [0.3, 0.4) is 0 Å². The standard InChI is InChI=1S/C10H9ClFN/c1-3-7(2)13-10-5-4-8(12)6-9(10)11/h1,4-7,13H,2H3. The first-order valence-electron chi connectivity index (χ1n) is 3.81. The topological polar surface area (TPSA) is 12.0 Å². The van der Waals surface area contributed by atoms with Gasteiger partial charge in [-0.05, 0) is 25.1 Å². The van der Waals surface area contributed by atoms with Gasteiger partial charge in [0.1, 0.15) is 5.82 Å². The number of benzene rings is 1. The zero-order chi connectivity index (χ0) is 9.84. The number of hydrogen-bond acceptors (Lipinski definition) is 1. The maximum Gasteiger partial charge on any atom is 0.124 e. The predicted molar refractivity (Wildman–Crippen MR) is 53.3 cm³/mol. The van der Waals surface area contributed by atoms with Crippen LogP contribution in [0.5, 0.6) is 0 Å². The average Bonchev–Trinajstić information content (AvgIpc) is 2.09. The lowest BCUT2D eigenvalue weighted by Crippen LogP contribution is -2.12. The Morgan fingerprint density at radius 2 is 2.31 bits per heavy atom. The van der Waals surface area contributed by atoms with E-state index in [4.69, 9.17) is 18.0 Å². The maximum absolute atomic E-state index is 12.6. The van der Waals surface area contributed by atoms with E-state index in [2.05, 4.69) is 11.2 Å². The van der Waals surface area contributed by atoms with E-state index in [1.54, 1.807) is 6.07 Å². The van der Waals surface area contributed by atoms with Crippen molar-refractivity contribution >= 4 is 17.3 Å². The number of rotatable bonds is 2. The summed E-state index contributed by atoms with van der Waals surface area (Å²) in [5, 5.41) is 3.29. The van der Waals surface area contributed by atoms with Crippen LogP contribution in [0.4, 0.5) is 10.1 Å². The molecule has 1 unspecified atom stereocenters. The monoisotopic (exact) mass is 197 g/mol. The quantitative estimate of drug-likeness (QED) is 0.719. The molecule has 1 nitrogen and oxygen atoms in total. The highest BCUT2D eigenvalue weighted by molar-refractivity contribution is 6.33. The Morgan fingerprint density at radius 1 is 1.62 bits per heavy atom.